The first-order chi connectivity index (χ1) is 15.0. The third kappa shape index (κ3) is 6.23. The minimum absolute atomic E-state index is 0.239. The number of anilines is 1. The van der Waals surface area contributed by atoms with E-state index in [0.717, 1.165) is 38.3 Å². The third-order valence-corrected chi connectivity index (χ3v) is 6.24. The number of hydrogen-bond acceptors (Lipinski definition) is 3. The van der Waals surface area contributed by atoms with Crippen LogP contribution in [0.25, 0.3) is 0 Å². The number of rotatable bonds is 9. The second-order valence-corrected chi connectivity index (χ2v) is 8.77. The summed E-state index contributed by atoms with van der Waals surface area (Å²) in [6, 6.07) is 17.4. The number of piperazine rings is 1. The van der Waals surface area contributed by atoms with E-state index in [1.54, 1.807) is 7.11 Å². The molecule has 0 bridgehead atoms. The Morgan fingerprint density at radius 1 is 1.00 bits per heavy atom. The molecule has 1 saturated heterocycles. The monoisotopic (exact) mass is 424 g/mol. The molecule has 0 aromatic heterocycles. The summed E-state index contributed by atoms with van der Waals surface area (Å²) in [4.78, 5) is 17.2. The van der Waals surface area contributed by atoms with E-state index in [1.165, 1.54) is 23.2 Å². The van der Waals surface area contributed by atoms with E-state index in [9.17, 15) is 4.79 Å². The fourth-order valence-electron chi connectivity index (χ4n) is 4.35. The van der Waals surface area contributed by atoms with E-state index < -0.39 is 0 Å². The predicted molar refractivity (Wildman–Crippen MR) is 127 cm³/mol. The van der Waals surface area contributed by atoms with Gasteiger partial charge in [-0.05, 0) is 36.2 Å². The summed E-state index contributed by atoms with van der Waals surface area (Å²) in [6.07, 6.45) is 2.29. The van der Waals surface area contributed by atoms with E-state index in [0.29, 0.717) is 18.5 Å². The van der Waals surface area contributed by atoms with Gasteiger partial charge < -0.3 is 19.9 Å². The third-order valence-electron chi connectivity index (χ3n) is 6.24. The van der Waals surface area contributed by atoms with Gasteiger partial charge in [0.1, 0.15) is 11.8 Å². The molecule has 1 atom stereocenters. The molecule has 3 rings (SSSR count). The lowest BCUT2D eigenvalue weighted by atomic mass is 9.94. The van der Waals surface area contributed by atoms with Gasteiger partial charge in [0.2, 0.25) is 0 Å². The van der Waals surface area contributed by atoms with Gasteiger partial charge in [-0.2, -0.15) is 0 Å². The average molecular weight is 425 g/mol. The smallest absolute Gasteiger partial charge is 0.277 e. The number of nitrogens with two attached hydrogens (primary N) is 1. The molecule has 2 aromatic rings. The number of nitrogens with zero attached hydrogens (tertiary/aromatic N) is 2. The molecule has 0 radical (unpaired) electrons. The maximum absolute atomic E-state index is 12.9. The Morgan fingerprint density at radius 3 is 2.19 bits per heavy atom. The van der Waals surface area contributed by atoms with Crippen molar-refractivity contribution in [3.05, 3.63) is 59.7 Å². The fourth-order valence-corrected chi connectivity index (χ4v) is 4.35. The molecule has 0 spiro atoms. The molecule has 2 aromatic carbocycles. The normalized spacial score (nSPS) is 15.3. The van der Waals surface area contributed by atoms with Crippen LogP contribution >= 0.6 is 0 Å². The SMILES string of the molecule is CCCc1ccc([C@@H]([NH2+]CC(=O)N2CCN(c3ccc(OC)cc3)CC2)C(C)C)cc1. The summed E-state index contributed by atoms with van der Waals surface area (Å²) in [7, 11) is 1.68. The summed E-state index contributed by atoms with van der Waals surface area (Å²) >= 11 is 0. The molecule has 1 aliphatic heterocycles. The first-order valence-corrected chi connectivity index (χ1v) is 11.6. The van der Waals surface area contributed by atoms with Crippen molar-refractivity contribution in [1.82, 2.24) is 4.90 Å². The molecule has 31 heavy (non-hydrogen) atoms. The van der Waals surface area contributed by atoms with Crippen LogP contribution in [0.5, 0.6) is 5.75 Å². The predicted octanol–water partition coefficient (Wildman–Crippen LogP) is 3.26. The summed E-state index contributed by atoms with van der Waals surface area (Å²) in [6.45, 7) is 10.5. The molecule has 2 N–H and O–H groups in total. The van der Waals surface area contributed by atoms with E-state index in [-0.39, 0.29) is 5.91 Å². The molecule has 0 aliphatic carbocycles. The minimum atomic E-state index is 0.239. The largest absolute Gasteiger partial charge is 0.497 e. The van der Waals surface area contributed by atoms with Crippen molar-refractivity contribution in [2.24, 2.45) is 5.92 Å². The summed E-state index contributed by atoms with van der Waals surface area (Å²) in [5.41, 5.74) is 3.89. The van der Waals surface area contributed by atoms with Crippen LogP contribution in [-0.4, -0.2) is 50.6 Å². The van der Waals surface area contributed by atoms with Gasteiger partial charge in [0.15, 0.2) is 6.54 Å². The highest BCUT2D eigenvalue weighted by molar-refractivity contribution is 5.77. The molecule has 0 unspecified atom stereocenters. The molecule has 1 amide bonds. The average Bonchev–Trinajstić information content (AvgIpc) is 2.80. The molecular formula is C26H38N3O2+. The van der Waals surface area contributed by atoms with Gasteiger partial charge >= 0.3 is 0 Å². The van der Waals surface area contributed by atoms with Crippen LogP contribution in [0.4, 0.5) is 5.69 Å². The van der Waals surface area contributed by atoms with Crippen molar-refractivity contribution in [2.45, 2.75) is 39.7 Å². The topological polar surface area (TPSA) is 49.4 Å². The molecule has 1 fully saturated rings. The summed E-state index contributed by atoms with van der Waals surface area (Å²) in [5.74, 6) is 1.58. The highest BCUT2D eigenvalue weighted by Gasteiger charge is 2.25. The van der Waals surface area contributed by atoms with Crippen LogP contribution in [0.1, 0.15) is 44.4 Å². The number of carbonyl (C=O) groups is 1. The van der Waals surface area contributed by atoms with Crippen molar-refractivity contribution in [2.75, 3.05) is 44.7 Å². The lowest BCUT2D eigenvalue weighted by molar-refractivity contribution is -0.692. The Balaban J connectivity index is 1.51. The fraction of sp³-hybridized carbons (Fsp3) is 0.500. The molecule has 168 valence electrons. The Hall–Kier alpha value is -2.53. The van der Waals surface area contributed by atoms with Crippen molar-refractivity contribution in [1.29, 1.82) is 0 Å². The number of benzene rings is 2. The zero-order chi connectivity index (χ0) is 22.2. The Bertz CT molecular complexity index is 810. The van der Waals surface area contributed by atoms with Crippen LogP contribution in [-0.2, 0) is 11.2 Å². The number of quaternary nitrogens is 1. The van der Waals surface area contributed by atoms with E-state index in [4.69, 9.17) is 4.74 Å². The van der Waals surface area contributed by atoms with Crippen molar-refractivity contribution >= 4 is 11.6 Å². The van der Waals surface area contributed by atoms with E-state index >= 15 is 0 Å². The van der Waals surface area contributed by atoms with E-state index in [1.807, 2.05) is 17.0 Å². The lowest BCUT2D eigenvalue weighted by Crippen LogP contribution is -2.88. The van der Waals surface area contributed by atoms with Crippen LogP contribution in [0, 0.1) is 5.92 Å². The summed E-state index contributed by atoms with van der Waals surface area (Å²) < 4.78 is 5.24. The van der Waals surface area contributed by atoms with Crippen LogP contribution < -0.4 is 15.0 Å². The number of amides is 1. The number of methoxy groups -OCH3 is 1. The van der Waals surface area contributed by atoms with Crippen LogP contribution in [0.15, 0.2) is 48.5 Å². The van der Waals surface area contributed by atoms with Gasteiger partial charge in [-0.15, -0.1) is 0 Å². The van der Waals surface area contributed by atoms with Crippen LogP contribution in [0.3, 0.4) is 0 Å². The number of carbonyl (C=O) groups excluding carboxylic acids is 1. The highest BCUT2D eigenvalue weighted by atomic mass is 16.5. The van der Waals surface area contributed by atoms with Gasteiger partial charge in [-0.1, -0.05) is 51.5 Å². The zero-order valence-electron chi connectivity index (χ0n) is 19.5. The van der Waals surface area contributed by atoms with Gasteiger partial charge in [0.05, 0.1) is 7.11 Å². The highest BCUT2D eigenvalue weighted by Crippen LogP contribution is 2.21. The van der Waals surface area contributed by atoms with Crippen molar-refractivity contribution < 1.29 is 14.8 Å². The Morgan fingerprint density at radius 2 is 1.65 bits per heavy atom. The Kier molecular flexibility index (Phi) is 8.35. The Labute approximate surface area is 187 Å². The van der Waals surface area contributed by atoms with Gasteiger partial charge in [0, 0.05) is 43.3 Å². The molecule has 1 aliphatic rings. The summed E-state index contributed by atoms with van der Waals surface area (Å²) in [5, 5.41) is 2.22. The molecule has 5 heteroatoms. The van der Waals surface area contributed by atoms with Crippen molar-refractivity contribution in [3.8, 4) is 5.75 Å². The van der Waals surface area contributed by atoms with Gasteiger partial charge in [-0.3, -0.25) is 4.79 Å². The van der Waals surface area contributed by atoms with E-state index in [2.05, 4.69) is 67.4 Å². The molecule has 5 nitrogen and oxygen atoms in total. The zero-order valence-corrected chi connectivity index (χ0v) is 19.5. The second-order valence-electron chi connectivity index (χ2n) is 8.77. The standard InChI is InChI=1S/C26H37N3O2/c1-5-6-21-7-9-22(10-8-21)26(20(2)3)27-19-25(30)29-17-15-28(16-18-29)23-11-13-24(31-4)14-12-23/h7-14,20,26-27H,5-6,15-19H2,1-4H3/p+1/t26-/m0/s1. The van der Waals surface area contributed by atoms with Crippen LogP contribution in [0.2, 0.25) is 0 Å². The second kappa shape index (κ2) is 11.2. The van der Waals surface area contributed by atoms with Gasteiger partial charge in [0.25, 0.3) is 5.91 Å². The molecule has 0 saturated carbocycles. The lowest BCUT2D eigenvalue weighted by Gasteiger charge is -2.36. The molecule has 1 heterocycles. The minimum Gasteiger partial charge on any atom is -0.497 e. The maximum Gasteiger partial charge on any atom is 0.277 e. The number of aryl methyl sites for hydroxylation is 1. The first-order valence-electron chi connectivity index (χ1n) is 11.6. The molecular weight excluding hydrogens is 386 g/mol. The number of hydrogen-bond donors (Lipinski definition) is 1. The number of ether oxygens (including phenoxy) is 1. The quantitative estimate of drug-likeness (QED) is 0.672. The maximum atomic E-state index is 12.9. The first kappa shape index (κ1) is 23.1. The van der Waals surface area contributed by atoms with Gasteiger partial charge in [-0.25, -0.2) is 0 Å². The van der Waals surface area contributed by atoms with Crippen molar-refractivity contribution in [3.63, 3.8) is 0 Å².